The maximum atomic E-state index is 4.45. The van der Waals surface area contributed by atoms with Gasteiger partial charge in [0.15, 0.2) is 0 Å². The molecule has 1 saturated carbocycles. The lowest BCUT2D eigenvalue weighted by atomic mass is 10.1. The van der Waals surface area contributed by atoms with E-state index in [2.05, 4.69) is 28.5 Å². The molecule has 0 bridgehead atoms. The van der Waals surface area contributed by atoms with Crippen LogP contribution in [0.5, 0.6) is 0 Å². The summed E-state index contributed by atoms with van der Waals surface area (Å²) in [6.45, 7) is 5.52. The van der Waals surface area contributed by atoms with E-state index >= 15 is 0 Å². The van der Waals surface area contributed by atoms with Gasteiger partial charge in [-0.1, -0.05) is 13.8 Å². The van der Waals surface area contributed by atoms with Crippen molar-refractivity contribution in [2.45, 2.75) is 39.5 Å². The van der Waals surface area contributed by atoms with E-state index in [-0.39, 0.29) is 0 Å². The molecule has 0 amide bonds. The third kappa shape index (κ3) is 3.16. The number of hydrogen-bond donors (Lipinski definition) is 1. The summed E-state index contributed by atoms with van der Waals surface area (Å²) in [4.78, 5) is 4.45. The van der Waals surface area contributed by atoms with Crippen LogP contribution < -0.4 is 5.32 Å². The Bertz CT molecular complexity index is 307. The van der Waals surface area contributed by atoms with E-state index < -0.39 is 0 Å². The topological polar surface area (TPSA) is 37.8 Å². The monoisotopic (exact) mass is 225 g/mol. The second kappa shape index (κ2) is 4.92. The molecular formula is C11H19N3S. The first kappa shape index (κ1) is 10.9. The SMILES string of the molecule is CCCc1nsc(NCC(C)C2CC2)n1. The highest BCUT2D eigenvalue weighted by molar-refractivity contribution is 7.09. The zero-order valence-corrected chi connectivity index (χ0v) is 10.3. The minimum atomic E-state index is 0.781. The predicted octanol–water partition coefficient (Wildman–Crippen LogP) is 2.95. The van der Waals surface area contributed by atoms with Crippen LogP contribution in [-0.4, -0.2) is 15.9 Å². The first-order valence-electron chi connectivity index (χ1n) is 5.86. The van der Waals surface area contributed by atoms with Crippen LogP contribution in [0.4, 0.5) is 5.13 Å². The van der Waals surface area contributed by atoms with Gasteiger partial charge in [0.05, 0.1) is 0 Å². The van der Waals surface area contributed by atoms with E-state index in [1.54, 1.807) is 0 Å². The number of hydrogen-bond acceptors (Lipinski definition) is 4. The second-order valence-corrected chi connectivity index (χ2v) is 5.21. The Kier molecular flexibility index (Phi) is 3.57. The molecule has 0 aliphatic heterocycles. The van der Waals surface area contributed by atoms with Crippen molar-refractivity contribution in [2.75, 3.05) is 11.9 Å². The van der Waals surface area contributed by atoms with E-state index in [9.17, 15) is 0 Å². The minimum Gasteiger partial charge on any atom is -0.360 e. The molecule has 3 nitrogen and oxygen atoms in total. The van der Waals surface area contributed by atoms with E-state index in [1.165, 1.54) is 24.4 Å². The fourth-order valence-corrected chi connectivity index (χ4v) is 2.35. The summed E-state index contributed by atoms with van der Waals surface area (Å²) in [5.74, 6) is 2.73. The van der Waals surface area contributed by atoms with Gasteiger partial charge in [-0.15, -0.1) is 0 Å². The molecule has 1 N–H and O–H groups in total. The number of nitrogens with zero attached hydrogens (tertiary/aromatic N) is 2. The average Bonchev–Trinajstić information content (AvgIpc) is 2.98. The Morgan fingerprint density at radius 2 is 2.33 bits per heavy atom. The molecular weight excluding hydrogens is 206 g/mol. The van der Waals surface area contributed by atoms with Crippen molar-refractivity contribution in [3.8, 4) is 0 Å². The van der Waals surface area contributed by atoms with Crippen LogP contribution in [0, 0.1) is 11.8 Å². The molecule has 4 heteroatoms. The third-order valence-electron chi connectivity index (χ3n) is 2.94. The van der Waals surface area contributed by atoms with Gasteiger partial charge in [0, 0.05) is 24.5 Å². The molecule has 1 aliphatic rings. The molecule has 1 heterocycles. The van der Waals surface area contributed by atoms with Gasteiger partial charge in [-0.2, -0.15) is 4.37 Å². The van der Waals surface area contributed by atoms with Crippen LogP contribution in [-0.2, 0) is 6.42 Å². The molecule has 1 aliphatic carbocycles. The van der Waals surface area contributed by atoms with Crippen LogP contribution in [0.15, 0.2) is 0 Å². The number of anilines is 1. The van der Waals surface area contributed by atoms with Crippen molar-refractivity contribution in [1.82, 2.24) is 9.36 Å². The molecule has 0 aromatic carbocycles. The molecule has 1 aromatic heterocycles. The molecule has 0 spiro atoms. The van der Waals surface area contributed by atoms with Crippen molar-refractivity contribution in [3.05, 3.63) is 5.82 Å². The summed E-state index contributed by atoms with van der Waals surface area (Å²) in [6.07, 6.45) is 4.95. The first-order chi connectivity index (χ1) is 7.29. The van der Waals surface area contributed by atoms with Crippen LogP contribution in [0.2, 0.25) is 0 Å². The number of rotatable bonds is 6. The fourth-order valence-electron chi connectivity index (χ4n) is 1.73. The van der Waals surface area contributed by atoms with E-state index in [4.69, 9.17) is 0 Å². The summed E-state index contributed by atoms with van der Waals surface area (Å²) < 4.78 is 4.31. The lowest BCUT2D eigenvalue weighted by molar-refractivity contribution is 0.536. The molecule has 1 fully saturated rings. The molecule has 1 atom stereocenters. The van der Waals surface area contributed by atoms with Gasteiger partial charge < -0.3 is 5.32 Å². The van der Waals surface area contributed by atoms with Crippen molar-refractivity contribution in [2.24, 2.45) is 11.8 Å². The molecule has 0 saturated heterocycles. The van der Waals surface area contributed by atoms with Gasteiger partial charge in [0.2, 0.25) is 5.13 Å². The second-order valence-electron chi connectivity index (χ2n) is 4.46. The molecule has 84 valence electrons. The standard InChI is InChI=1S/C11H19N3S/c1-3-4-10-13-11(15-14-10)12-7-8(2)9-5-6-9/h8-9H,3-7H2,1-2H3,(H,12,13,14). The summed E-state index contributed by atoms with van der Waals surface area (Å²) in [6, 6.07) is 0. The highest BCUT2D eigenvalue weighted by Gasteiger charge is 2.27. The highest BCUT2D eigenvalue weighted by atomic mass is 32.1. The molecule has 0 radical (unpaired) electrons. The Balaban J connectivity index is 1.76. The lowest BCUT2D eigenvalue weighted by Gasteiger charge is -2.09. The van der Waals surface area contributed by atoms with Crippen LogP contribution in [0.25, 0.3) is 0 Å². The zero-order valence-electron chi connectivity index (χ0n) is 9.49. The summed E-state index contributed by atoms with van der Waals surface area (Å²) in [5, 5.41) is 4.38. The van der Waals surface area contributed by atoms with Gasteiger partial charge in [0.25, 0.3) is 0 Å². The number of aromatic nitrogens is 2. The lowest BCUT2D eigenvalue weighted by Crippen LogP contribution is -2.12. The Labute approximate surface area is 95.5 Å². The summed E-state index contributed by atoms with van der Waals surface area (Å²) in [7, 11) is 0. The fraction of sp³-hybridized carbons (Fsp3) is 0.818. The van der Waals surface area contributed by atoms with Crippen LogP contribution in [0.1, 0.15) is 38.9 Å². The predicted molar refractivity (Wildman–Crippen MR) is 64.3 cm³/mol. The van der Waals surface area contributed by atoms with E-state index in [1.807, 2.05) is 0 Å². The Hall–Kier alpha value is -0.640. The molecule has 15 heavy (non-hydrogen) atoms. The quantitative estimate of drug-likeness (QED) is 0.809. The maximum Gasteiger partial charge on any atom is 0.202 e. The van der Waals surface area contributed by atoms with Gasteiger partial charge in [0.1, 0.15) is 5.82 Å². The summed E-state index contributed by atoms with van der Waals surface area (Å²) >= 11 is 1.49. The Morgan fingerprint density at radius 1 is 1.53 bits per heavy atom. The molecule has 1 unspecified atom stereocenters. The normalized spacial score (nSPS) is 17.7. The Morgan fingerprint density at radius 3 is 3.00 bits per heavy atom. The highest BCUT2D eigenvalue weighted by Crippen LogP contribution is 2.36. The smallest absolute Gasteiger partial charge is 0.202 e. The van der Waals surface area contributed by atoms with E-state index in [0.29, 0.717) is 0 Å². The third-order valence-corrected chi connectivity index (χ3v) is 3.65. The number of nitrogens with one attached hydrogen (secondary N) is 1. The van der Waals surface area contributed by atoms with Gasteiger partial charge >= 0.3 is 0 Å². The maximum absolute atomic E-state index is 4.45. The van der Waals surface area contributed by atoms with Gasteiger partial charge in [-0.05, 0) is 31.1 Å². The van der Waals surface area contributed by atoms with Crippen LogP contribution in [0.3, 0.4) is 0 Å². The van der Waals surface area contributed by atoms with Gasteiger partial charge in [-0.25, -0.2) is 4.98 Å². The van der Waals surface area contributed by atoms with E-state index in [0.717, 1.165) is 42.2 Å². The average molecular weight is 225 g/mol. The van der Waals surface area contributed by atoms with Crippen molar-refractivity contribution in [1.29, 1.82) is 0 Å². The van der Waals surface area contributed by atoms with Gasteiger partial charge in [-0.3, -0.25) is 0 Å². The molecule has 1 aromatic rings. The molecule has 2 rings (SSSR count). The van der Waals surface area contributed by atoms with Crippen molar-refractivity contribution < 1.29 is 0 Å². The zero-order chi connectivity index (χ0) is 10.7. The largest absolute Gasteiger partial charge is 0.360 e. The van der Waals surface area contributed by atoms with Crippen molar-refractivity contribution in [3.63, 3.8) is 0 Å². The van der Waals surface area contributed by atoms with Crippen molar-refractivity contribution >= 4 is 16.7 Å². The minimum absolute atomic E-state index is 0.781. The van der Waals surface area contributed by atoms with Crippen LogP contribution >= 0.6 is 11.5 Å². The first-order valence-corrected chi connectivity index (χ1v) is 6.63. The summed E-state index contributed by atoms with van der Waals surface area (Å²) in [5.41, 5.74) is 0. The number of aryl methyl sites for hydroxylation is 1.